The Morgan fingerprint density at radius 1 is 1.12 bits per heavy atom. The van der Waals surface area contributed by atoms with Crippen molar-refractivity contribution in [2.45, 2.75) is 10.4 Å². The summed E-state index contributed by atoms with van der Waals surface area (Å²) in [4.78, 5) is 42.8. The smallest absolute Gasteiger partial charge is 0.355 e. The van der Waals surface area contributed by atoms with E-state index in [1.54, 1.807) is 12.1 Å². The molecule has 10 heteroatoms. The Morgan fingerprint density at radius 3 is 2.25 bits per heavy atom. The van der Waals surface area contributed by atoms with Gasteiger partial charge in [-0.15, -0.1) is 0 Å². The zero-order valence-corrected chi connectivity index (χ0v) is 12.4. The van der Waals surface area contributed by atoms with Crippen LogP contribution in [0.25, 0.3) is 0 Å². The summed E-state index contributed by atoms with van der Waals surface area (Å²) in [5.41, 5.74) is -4.67. The van der Waals surface area contributed by atoms with Gasteiger partial charge in [0, 0.05) is 11.1 Å². The number of amides is 2. The molecule has 6 nitrogen and oxygen atoms in total. The molecule has 2 aromatic rings. The predicted octanol–water partition coefficient (Wildman–Crippen LogP) is 2.99. The number of imide groups is 1. The lowest BCUT2D eigenvalue weighted by atomic mass is 10.1. The summed E-state index contributed by atoms with van der Waals surface area (Å²) in [6.07, 6.45) is 0.969. The number of halogens is 3. The summed E-state index contributed by atoms with van der Waals surface area (Å²) in [5.74, 6) is -2.79. The number of nitrogens with one attached hydrogen (secondary N) is 1. The zero-order chi connectivity index (χ0) is 17.5. The lowest BCUT2D eigenvalue weighted by molar-refractivity contribution is -0.0588. The molecule has 0 saturated carbocycles. The van der Waals surface area contributed by atoms with Crippen LogP contribution >= 0.6 is 11.8 Å². The number of alkyl halides is 3. The molecule has 0 spiro atoms. The highest BCUT2D eigenvalue weighted by molar-refractivity contribution is 8.00. The number of rotatable bonds is 3. The minimum absolute atomic E-state index is 0.0788. The van der Waals surface area contributed by atoms with Gasteiger partial charge in [0.2, 0.25) is 0 Å². The molecule has 1 aliphatic heterocycles. The van der Waals surface area contributed by atoms with Crippen molar-refractivity contribution in [3.8, 4) is 0 Å². The van der Waals surface area contributed by atoms with Crippen molar-refractivity contribution in [2.75, 3.05) is 0 Å². The Labute approximate surface area is 136 Å². The van der Waals surface area contributed by atoms with Crippen LogP contribution in [0.5, 0.6) is 0 Å². The third-order valence-electron chi connectivity index (χ3n) is 3.04. The summed E-state index contributed by atoms with van der Waals surface area (Å²) in [6.45, 7) is 0. The maximum absolute atomic E-state index is 12.3. The SMILES string of the molecule is O=C(ON1C(=O)c2ccccc2C1=O)c1cc(SC(F)(F)F)c[nH]1. The summed E-state index contributed by atoms with van der Waals surface area (Å²) in [5, 5.41) is 0.282. The van der Waals surface area contributed by atoms with E-state index in [1.807, 2.05) is 0 Å². The van der Waals surface area contributed by atoms with Crippen LogP contribution in [-0.2, 0) is 4.84 Å². The number of benzene rings is 1. The number of hydrogen-bond acceptors (Lipinski definition) is 5. The molecule has 24 heavy (non-hydrogen) atoms. The van der Waals surface area contributed by atoms with Crippen molar-refractivity contribution in [2.24, 2.45) is 0 Å². The van der Waals surface area contributed by atoms with Gasteiger partial charge in [-0.1, -0.05) is 17.2 Å². The number of aromatic nitrogens is 1. The largest absolute Gasteiger partial charge is 0.446 e. The number of thioether (sulfide) groups is 1. The van der Waals surface area contributed by atoms with Gasteiger partial charge in [-0.3, -0.25) is 9.59 Å². The quantitative estimate of drug-likeness (QED) is 0.676. The van der Waals surface area contributed by atoms with Gasteiger partial charge >= 0.3 is 11.5 Å². The van der Waals surface area contributed by atoms with Crippen LogP contribution in [0.1, 0.15) is 31.2 Å². The van der Waals surface area contributed by atoms with E-state index in [1.165, 1.54) is 12.1 Å². The molecule has 0 fully saturated rings. The number of carbonyl (C=O) groups excluding carboxylic acids is 3. The van der Waals surface area contributed by atoms with Gasteiger partial charge in [0.15, 0.2) is 0 Å². The van der Waals surface area contributed by atoms with E-state index >= 15 is 0 Å². The maximum Gasteiger partial charge on any atom is 0.446 e. The average molecular weight is 356 g/mol. The van der Waals surface area contributed by atoms with Crippen molar-refractivity contribution < 1.29 is 32.4 Å². The Bertz CT molecular complexity index is 812. The second kappa shape index (κ2) is 5.71. The first kappa shape index (κ1) is 16.1. The third kappa shape index (κ3) is 3.00. The molecule has 0 unspecified atom stereocenters. The molecular weight excluding hydrogens is 349 g/mol. The minimum Gasteiger partial charge on any atom is -0.355 e. The van der Waals surface area contributed by atoms with Gasteiger partial charge in [0.1, 0.15) is 5.69 Å². The molecule has 2 heterocycles. The van der Waals surface area contributed by atoms with Crippen LogP contribution in [0.2, 0.25) is 0 Å². The molecule has 3 rings (SSSR count). The first-order valence-corrected chi connectivity index (χ1v) is 7.22. The van der Waals surface area contributed by atoms with Crippen molar-refractivity contribution in [1.29, 1.82) is 0 Å². The summed E-state index contributed by atoms with van der Waals surface area (Å²) >= 11 is -0.414. The lowest BCUT2D eigenvalue weighted by Gasteiger charge is -2.11. The number of aromatic amines is 1. The Kier molecular flexibility index (Phi) is 3.84. The molecule has 0 aliphatic carbocycles. The van der Waals surface area contributed by atoms with Crippen LogP contribution < -0.4 is 0 Å². The third-order valence-corrected chi connectivity index (χ3v) is 3.74. The number of carbonyl (C=O) groups is 3. The Balaban J connectivity index is 1.75. The van der Waals surface area contributed by atoms with Crippen LogP contribution in [0.15, 0.2) is 41.4 Å². The molecule has 124 valence electrons. The van der Waals surface area contributed by atoms with Crippen molar-refractivity contribution in [1.82, 2.24) is 10.0 Å². The van der Waals surface area contributed by atoms with Gasteiger partial charge in [0.25, 0.3) is 11.8 Å². The van der Waals surface area contributed by atoms with Gasteiger partial charge in [-0.05, 0) is 30.0 Å². The molecular formula is C14H7F3N2O4S. The topological polar surface area (TPSA) is 79.5 Å². The maximum atomic E-state index is 12.3. The molecule has 1 aliphatic rings. The van der Waals surface area contributed by atoms with Gasteiger partial charge in [-0.25, -0.2) is 4.79 Å². The summed E-state index contributed by atoms with van der Waals surface area (Å²) in [7, 11) is 0. The highest BCUT2D eigenvalue weighted by atomic mass is 32.2. The van der Waals surface area contributed by atoms with E-state index < -0.39 is 35.1 Å². The molecule has 0 atom stereocenters. The van der Waals surface area contributed by atoms with Gasteiger partial charge in [0.05, 0.1) is 11.1 Å². The van der Waals surface area contributed by atoms with Crippen LogP contribution in [-0.4, -0.2) is 33.3 Å². The van der Waals surface area contributed by atoms with E-state index in [0.717, 1.165) is 12.3 Å². The number of H-pyrrole nitrogens is 1. The predicted molar refractivity (Wildman–Crippen MR) is 75.1 cm³/mol. The highest BCUT2D eigenvalue weighted by Gasteiger charge is 2.39. The van der Waals surface area contributed by atoms with Gasteiger partial charge in [-0.2, -0.15) is 13.2 Å². The Morgan fingerprint density at radius 2 is 1.71 bits per heavy atom. The van der Waals surface area contributed by atoms with E-state index in [2.05, 4.69) is 4.98 Å². The molecule has 1 aromatic heterocycles. The second-order valence-corrected chi connectivity index (χ2v) is 5.76. The number of hydrogen-bond donors (Lipinski definition) is 1. The second-order valence-electron chi connectivity index (χ2n) is 4.63. The van der Waals surface area contributed by atoms with Crippen LogP contribution in [0.4, 0.5) is 13.2 Å². The van der Waals surface area contributed by atoms with Crippen LogP contribution in [0.3, 0.4) is 0 Å². The fraction of sp³-hybridized carbons (Fsp3) is 0.0714. The normalized spacial score (nSPS) is 14.0. The summed E-state index contributed by atoms with van der Waals surface area (Å²) in [6, 6.07) is 6.80. The minimum atomic E-state index is -4.51. The zero-order valence-electron chi connectivity index (χ0n) is 11.6. The first-order valence-electron chi connectivity index (χ1n) is 6.40. The average Bonchev–Trinajstić information content (AvgIpc) is 3.05. The Hall–Kier alpha value is -2.75. The molecule has 2 amide bonds. The van der Waals surface area contributed by atoms with Crippen LogP contribution in [0, 0.1) is 0 Å². The van der Waals surface area contributed by atoms with Crippen molar-refractivity contribution in [3.05, 3.63) is 53.3 Å². The van der Waals surface area contributed by atoms with E-state index in [4.69, 9.17) is 4.84 Å². The van der Waals surface area contributed by atoms with Crippen molar-refractivity contribution >= 4 is 29.5 Å². The highest BCUT2D eigenvalue weighted by Crippen LogP contribution is 2.37. The van der Waals surface area contributed by atoms with Crippen molar-refractivity contribution in [3.63, 3.8) is 0 Å². The van der Waals surface area contributed by atoms with Gasteiger partial charge < -0.3 is 9.82 Å². The number of fused-ring (bicyclic) bond motifs is 1. The first-order chi connectivity index (χ1) is 11.3. The standard InChI is InChI=1S/C14H7F3N2O4S/c15-14(16,17)24-7-5-10(18-6-7)13(22)23-19-11(20)8-3-1-2-4-9(8)12(19)21/h1-6,18H. The molecule has 0 bridgehead atoms. The monoisotopic (exact) mass is 356 g/mol. The molecule has 0 saturated heterocycles. The molecule has 1 aromatic carbocycles. The molecule has 0 radical (unpaired) electrons. The van der Waals surface area contributed by atoms with E-state index in [-0.39, 0.29) is 26.8 Å². The fourth-order valence-electron chi connectivity index (χ4n) is 2.07. The molecule has 1 N–H and O–H groups in total. The van der Waals surface area contributed by atoms with E-state index in [9.17, 15) is 27.6 Å². The fourth-order valence-corrected chi connectivity index (χ4v) is 2.63. The summed E-state index contributed by atoms with van der Waals surface area (Å²) < 4.78 is 36.8. The number of hydroxylamine groups is 2. The van der Waals surface area contributed by atoms with E-state index in [0.29, 0.717) is 0 Å². The number of nitrogens with zero attached hydrogens (tertiary/aromatic N) is 1. The lowest BCUT2D eigenvalue weighted by Crippen LogP contribution is -2.32.